The lowest BCUT2D eigenvalue weighted by Crippen LogP contribution is -2.36. The summed E-state index contributed by atoms with van der Waals surface area (Å²) in [7, 11) is 0. The van der Waals surface area contributed by atoms with Crippen LogP contribution in [0.25, 0.3) is 0 Å². The summed E-state index contributed by atoms with van der Waals surface area (Å²) in [5.74, 6) is -0.0920. The Balaban J connectivity index is 1.95. The lowest BCUT2D eigenvalue weighted by molar-refractivity contribution is 0.0935. The van der Waals surface area contributed by atoms with Crippen LogP contribution in [0, 0.1) is 0 Å². The summed E-state index contributed by atoms with van der Waals surface area (Å²) >= 11 is 5.70. The Kier molecular flexibility index (Phi) is 2.74. The minimum Gasteiger partial charge on any atom is -0.356 e. The molecule has 0 spiro atoms. The fourth-order valence-electron chi connectivity index (χ4n) is 1.54. The van der Waals surface area contributed by atoms with Crippen molar-refractivity contribution in [2.24, 2.45) is 0 Å². The van der Waals surface area contributed by atoms with E-state index in [9.17, 15) is 4.79 Å². The maximum Gasteiger partial charge on any atom is 0.268 e. The first kappa shape index (κ1) is 9.55. The van der Waals surface area contributed by atoms with E-state index in [4.69, 9.17) is 11.6 Å². The lowest BCUT2D eigenvalue weighted by atomic mass is 10.2. The summed E-state index contributed by atoms with van der Waals surface area (Å²) < 4.78 is 0. The van der Waals surface area contributed by atoms with Gasteiger partial charge in [0.15, 0.2) is 0 Å². The Morgan fingerprint density at radius 3 is 3.07 bits per heavy atom. The van der Waals surface area contributed by atoms with Gasteiger partial charge in [0.05, 0.1) is 5.02 Å². The van der Waals surface area contributed by atoms with E-state index in [1.807, 2.05) is 0 Å². The molecular formula is C9H12ClN3O. The second-order valence-corrected chi connectivity index (χ2v) is 3.83. The van der Waals surface area contributed by atoms with Gasteiger partial charge in [0, 0.05) is 18.8 Å². The van der Waals surface area contributed by atoms with Crippen molar-refractivity contribution in [1.82, 2.24) is 15.6 Å². The molecular weight excluding hydrogens is 202 g/mol. The summed E-state index contributed by atoms with van der Waals surface area (Å²) in [5.41, 5.74) is 0.516. The molecule has 1 aliphatic rings. The number of H-pyrrole nitrogens is 1. The third-order valence-corrected chi connectivity index (χ3v) is 2.51. The molecule has 0 aliphatic carbocycles. The van der Waals surface area contributed by atoms with Gasteiger partial charge in [0.2, 0.25) is 0 Å². The van der Waals surface area contributed by atoms with Crippen molar-refractivity contribution in [3.63, 3.8) is 0 Å². The molecule has 1 fully saturated rings. The molecule has 0 aromatic carbocycles. The van der Waals surface area contributed by atoms with Crippen molar-refractivity contribution in [3.8, 4) is 0 Å². The normalized spacial score (nSPS) is 21.1. The van der Waals surface area contributed by atoms with E-state index in [0.717, 1.165) is 19.5 Å². The Morgan fingerprint density at radius 2 is 2.50 bits per heavy atom. The average Bonchev–Trinajstić information content (AvgIpc) is 2.75. The van der Waals surface area contributed by atoms with Gasteiger partial charge in [0.1, 0.15) is 5.69 Å². The number of aromatic amines is 1. The molecule has 0 saturated carbocycles. The highest BCUT2D eigenvalue weighted by molar-refractivity contribution is 6.30. The van der Waals surface area contributed by atoms with E-state index < -0.39 is 0 Å². The van der Waals surface area contributed by atoms with Crippen molar-refractivity contribution >= 4 is 17.5 Å². The Hall–Kier alpha value is -1.00. The fourth-order valence-corrected chi connectivity index (χ4v) is 1.70. The van der Waals surface area contributed by atoms with Gasteiger partial charge in [-0.2, -0.15) is 0 Å². The molecule has 1 aromatic heterocycles. The van der Waals surface area contributed by atoms with Gasteiger partial charge in [-0.1, -0.05) is 11.6 Å². The van der Waals surface area contributed by atoms with Crippen molar-refractivity contribution in [1.29, 1.82) is 0 Å². The van der Waals surface area contributed by atoms with Crippen molar-refractivity contribution in [2.45, 2.75) is 12.5 Å². The zero-order valence-corrected chi connectivity index (χ0v) is 8.40. The molecule has 0 bridgehead atoms. The second-order valence-electron chi connectivity index (χ2n) is 3.39. The first-order valence-electron chi connectivity index (χ1n) is 4.61. The zero-order valence-electron chi connectivity index (χ0n) is 7.64. The molecule has 1 aromatic rings. The van der Waals surface area contributed by atoms with Gasteiger partial charge < -0.3 is 15.6 Å². The second kappa shape index (κ2) is 4.02. The van der Waals surface area contributed by atoms with Crippen LogP contribution in [0.4, 0.5) is 0 Å². The fraction of sp³-hybridized carbons (Fsp3) is 0.444. The minimum atomic E-state index is -0.0920. The number of hydrogen-bond acceptors (Lipinski definition) is 2. The number of aromatic nitrogens is 1. The van der Waals surface area contributed by atoms with Crippen LogP contribution in [0.3, 0.4) is 0 Å². The summed E-state index contributed by atoms with van der Waals surface area (Å²) in [5, 5.41) is 6.66. The average molecular weight is 214 g/mol. The van der Waals surface area contributed by atoms with Crippen molar-refractivity contribution < 1.29 is 4.79 Å². The summed E-state index contributed by atoms with van der Waals surface area (Å²) in [6, 6.07) is 1.86. The number of carbonyl (C=O) groups excluding carboxylic acids is 1. The highest BCUT2D eigenvalue weighted by Crippen LogP contribution is 2.09. The standard InChI is InChI=1S/C9H12ClN3O/c10-6-3-8(12-4-6)9(14)13-7-1-2-11-5-7/h3-4,7,11-12H,1-2,5H2,(H,13,14)/t7-/m0/s1. The van der Waals surface area contributed by atoms with E-state index >= 15 is 0 Å². The summed E-state index contributed by atoms with van der Waals surface area (Å²) in [6.07, 6.45) is 2.59. The quantitative estimate of drug-likeness (QED) is 0.680. The third kappa shape index (κ3) is 2.08. The molecule has 3 N–H and O–H groups in total. The molecule has 5 heteroatoms. The Bertz CT molecular complexity index is 331. The van der Waals surface area contributed by atoms with Gasteiger partial charge in [-0.3, -0.25) is 4.79 Å². The van der Waals surface area contributed by atoms with Crippen LogP contribution in [-0.4, -0.2) is 30.0 Å². The molecule has 2 rings (SSSR count). The minimum absolute atomic E-state index is 0.0920. The molecule has 1 saturated heterocycles. The maximum absolute atomic E-state index is 11.6. The monoisotopic (exact) mass is 213 g/mol. The SMILES string of the molecule is O=C(N[C@H]1CCNC1)c1cc(Cl)c[nH]1. The van der Waals surface area contributed by atoms with Gasteiger partial charge in [0.25, 0.3) is 5.91 Å². The molecule has 4 nitrogen and oxygen atoms in total. The highest BCUT2D eigenvalue weighted by Gasteiger charge is 2.17. The van der Waals surface area contributed by atoms with Crippen LogP contribution in [0.15, 0.2) is 12.3 Å². The Morgan fingerprint density at radius 1 is 1.64 bits per heavy atom. The largest absolute Gasteiger partial charge is 0.356 e. The van der Waals surface area contributed by atoms with E-state index in [2.05, 4.69) is 15.6 Å². The summed E-state index contributed by atoms with van der Waals surface area (Å²) in [6.45, 7) is 1.82. The molecule has 1 aliphatic heterocycles. The van der Waals surface area contributed by atoms with Crippen molar-refractivity contribution in [3.05, 3.63) is 23.0 Å². The summed E-state index contributed by atoms with van der Waals surface area (Å²) in [4.78, 5) is 14.4. The van der Waals surface area contributed by atoms with Gasteiger partial charge in [-0.25, -0.2) is 0 Å². The molecule has 0 unspecified atom stereocenters. The molecule has 1 atom stereocenters. The van der Waals surface area contributed by atoms with Crippen LogP contribution in [0.5, 0.6) is 0 Å². The molecule has 14 heavy (non-hydrogen) atoms. The molecule has 0 radical (unpaired) electrons. The number of carbonyl (C=O) groups is 1. The number of nitrogens with one attached hydrogen (secondary N) is 3. The van der Waals surface area contributed by atoms with E-state index in [0.29, 0.717) is 10.7 Å². The Labute approximate surface area is 87.0 Å². The molecule has 1 amide bonds. The van der Waals surface area contributed by atoms with Gasteiger partial charge in [-0.05, 0) is 19.0 Å². The lowest BCUT2D eigenvalue weighted by Gasteiger charge is -2.09. The van der Waals surface area contributed by atoms with E-state index in [1.54, 1.807) is 12.3 Å². The predicted octanol–water partition coefficient (Wildman–Crippen LogP) is 0.760. The molecule has 76 valence electrons. The van der Waals surface area contributed by atoms with Crippen LogP contribution >= 0.6 is 11.6 Å². The van der Waals surface area contributed by atoms with Gasteiger partial charge >= 0.3 is 0 Å². The first-order chi connectivity index (χ1) is 6.75. The van der Waals surface area contributed by atoms with E-state index in [1.165, 1.54) is 0 Å². The molecule has 2 heterocycles. The van der Waals surface area contributed by atoms with Crippen LogP contribution in [0.1, 0.15) is 16.9 Å². The highest BCUT2D eigenvalue weighted by atomic mass is 35.5. The van der Waals surface area contributed by atoms with Gasteiger partial charge in [-0.15, -0.1) is 0 Å². The maximum atomic E-state index is 11.6. The third-order valence-electron chi connectivity index (χ3n) is 2.29. The smallest absolute Gasteiger partial charge is 0.268 e. The predicted molar refractivity (Wildman–Crippen MR) is 54.5 cm³/mol. The number of halogens is 1. The zero-order chi connectivity index (χ0) is 9.97. The van der Waals surface area contributed by atoms with Crippen LogP contribution in [0.2, 0.25) is 5.02 Å². The number of hydrogen-bond donors (Lipinski definition) is 3. The van der Waals surface area contributed by atoms with Crippen LogP contribution < -0.4 is 10.6 Å². The van der Waals surface area contributed by atoms with E-state index in [-0.39, 0.29) is 11.9 Å². The topological polar surface area (TPSA) is 56.9 Å². The van der Waals surface area contributed by atoms with Crippen molar-refractivity contribution in [2.75, 3.05) is 13.1 Å². The van der Waals surface area contributed by atoms with Crippen LogP contribution in [-0.2, 0) is 0 Å². The first-order valence-corrected chi connectivity index (χ1v) is 4.99. The number of rotatable bonds is 2. The number of amides is 1.